The van der Waals surface area contributed by atoms with Gasteiger partial charge in [-0.05, 0) is 31.0 Å². The average Bonchev–Trinajstić information content (AvgIpc) is 2.38. The summed E-state index contributed by atoms with van der Waals surface area (Å²) in [6, 6.07) is 8.38. The Balaban J connectivity index is 1.90. The molecule has 0 amide bonds. The molecule has 0 atom stereocenters. The molecule has 1 aliphatic heterocycles. The van der Waals surface area contributed by atoms with E-state index in [2.05, 4.69) is 35.3 Å². The molecule has 0 aromatic heterocycles. The zero-order chi connectivity index (χ0) is 11.9. The fourth-order valence-electron chi connectivity index (χ4n) is 2.05. The van der Waals surface area contributed by atoms with Crippen LogP contribution in [-0.4, -0.2) is 37.7 Å². The molecule has 0 spiro atoms. The summed E-state index contributed by atoms with van der Waals surface area (Å²) in [6.07, 6.45) is 0.808. The van der Waals surface area contributed by atoms with Gasteiger partial charge in [-0.1, -0.05) is 12.1 Å². The lowest BCUT2D eigenvalue weighted by atomic mass is 10.2. The van der Waals surface area contributed by atoms with Crippen molar-refractivity contribution in [3.63, 3.8) is 0 Å². The predicted molar refractivity (Wildman–Crippen MR) is 70.1 cm³/mol. The van der Waals surface area contributed by atoms with Gasteiger partial charge in [0.15, 0.2) is 0 Å². The van der Waals surface area contributed by atoms with Crippen molar-refractivity contribution in [3.05, 3.63) is 36.8 Å². The zero-order valence-corrected chi connectivity index (χ0v) is 10.3. The minimum Gasteiger partial charge on any atom is -0.494 e. The van der Waals surface area contributed by atoms with E-state index in [4.69, 9.17) is 4.74 Å². The van der Waals surface area contributed by atoms with Crippen LogP contribution in [0.3, 0.4) is 0 Å². The van der Waals surface area contributed by atoms with E-state index < -0.39 is 0 Å². The second-order valence-electron chi connectivity index (χ2n) is 4.38. The molecule has 0 saturated carbocycles. The molecule has 0 unspecified atom stereocenters. The Labute approximate surface area is 104 Å². The zero-order valence-electron chi connectivity index (χ0n) is 10.3. The smallest absolute Gasteiger partial charge is 0.119 e. The van der Waals surface area contributed by atoms with Gasteiger partial charge in [0.25, 0.3) is 0 Å². The van der Waals surface area contributed by atoms with Crippen molar-refractivity contribution in [3.8, 4) is 5.75 Å². The van der Waals surface area contributed by atoms with Crippen molar-refractivity contribution >= 4 is 0 Å². The summed E-state index contributed by atoms with van der Waals surface area (Å²) in [4.78, 5) is 2.47. The first kappa shape index (κ1) is 12.4. The van der Waals surface area contributed by atoms with Gasteiger partial charge in [-0.25, -0.2) is 0 Å². The van der Waals surface area contributed by atoms with E-state index in [1.54, 1.807) is 0 Å². The highest BCUT2D eigenvalue weighted by molar-refractivity contribution is 5.28. The third kappa shape index (κ3) is 4.02. The molecule has 3 nitrogen and oxygen atoms in total. The fourth-order valence-corrected chi connectivity index (χ4v) is 2.05. The highest BCUT2D eigenvalue weighted by Crippen LogP contribution is 2.15. The topological polar surface area (TPSA) is 24.5 Å². The molecule has 1 fully saturated rings. The molecule has 1 aliphatic rings. The molecule has 1 saturated heterocycles. The van der Waals surface area contributed by atoms with Crippen molar-refractivity contribution in [2.24, 2.45) is 0 Å². The average molecular weight is 233 g/mol. The van der Waals surface area contributed by atoms with Gasteiger partial charge >= 0.3 is 0 Å². The summed E-state index contributed by atoms with van der Waals surface area (Å²) < 4.78 is 5.59. The van der Waals surface area contributed by atoms with E-state index in [0.29, 0.717) is 6.61 Å². The third-order valence-corrected chi connectivity index (χ3v) is 2.93. The first-order valence-electron chi connectivity index (χ1n) is 6.32. The first-order valence-corrected chi connectivity index (χ1v) is 6.32. The van der Waals surface area contributed by atoms with E-state index in [0.717, 1.165) is 44.9 Å². The highest BCUT2D eigenvalue weighted by atomic mass is 16.5. The van der Waals surface area contributed by atoms with Crippen LogP contribution in [0.15, 0.2) is 24.3 Å². The van der Waals surface area contributed by atoms with Crippen LogP contribution < -0.4 is 10.1 Å². The van der Waals surface area contributed by atoms with Gasteiger partial charge in [-0.2, -0.15) is 0 Å². The lowest BCUT2D eigenvalue weighted by Gasteiger charge is -2.27. The molecule has 2 rings (SSSR count). The molecular weight excluding hydrogens is 212 g/mol. The molecule has 1 heterocycles. The predicted octanol–water partition coefficient (Wildman–Crippen LogP) is 1.69. The quantitative estimate of drug-likeness (QED) is 0.837. The SMILES string of the molecule is [CH2]CCOc1cccc(CN2CCNCC2)c1. The number of nitrogens with zero attached hydrogens (tertiary/aromatic N) is 1. The van der Waals surface area contributed by atoms with Gasteiger partial charge in [0.1, 0.15) is 5.75 Å². The molecular formula is C14H21N2O. The largest absolute Gasteiger partial charge is 0.494 e. The summed E-state index contributed by atoms with van der Waals surface area (Å²) in [6.45, 7) is 9.93. The normalized spacial score (nSPS) is 17.0. The van der Waals surface area contributed by atoms with Crippen LogP contribution in [0.4, 0.5) is 0 Å². The molecule has 0 aliphatic carbocycles. The Morgan fingerprint density at radius 2 is 2.12 bits per heavy atom. The van der Waals surface area contributed by atoms with E-state index >= 15 is 0 Å². The van der Waals surface area contributed by atoms with Crippen LogP contribution >= 0.6 is 0 Å². The number of hydrogen-bond donors (Lipinski definition) is 1. The van der Waals surface area contributed by atoms with Crippen molar-refractivity contribution in [1.82, 2.24) is 10.2 Å². The molecule has 1 aromatic carbocycles. The van der Waals surface area contributed by atoms with Crippen LogP contribution in [0.25, 0.3) is 0 Å². The number of ether oxygens (including phenoxy) is 1. The summed E-state index contributed by atoms with van der Waals surface area (Å²) in [5, 5.41) is 3.37. The van der Waals surface area contributed by atoms with E-state index in [1.165, 1.54) is 5.56 Å². The molecule has 17 heavy (non-hydrogen) atoms. The van der Waals surface area contributed by atoms with Crippen LogP contribution in [-0.2, 0) is 6.54 Å². The maximum Gasteiger partial charge on any atom is 0.119 e. The van der Waals surface area contributed by atoms with Crippen molar-refractivity contribution in [2.45, 2.75) is 13.0 Å². The summed E-state index contributed by atoms with van der Waals surface area (Å²) >= 11 is 0. The van der Waals surface area contributed by atoms with Crippen LogP contribution in [0, 0.1) is 6.92 Å². The van der Waals surface area contributed by atoms with Gasteiger partial charge in [0.2, 0.25) is 0 Å². The third-order valence-electron chi connectivity index (χ3n) is 2.93. The van der Waals surface area contributed by atoms with Gasteiger partial charge in [-0.3, -0.25) is 4.90 Å². The lowest BCUT2D eigenvalue weighted by Crippen LogP contribution is -2.42. The standard InChI is InChI=1S/C14H21N2O/c1-2-10-17-14-5-3-4-13(11-14)12-16-8-6-15-7-9-16/h3-5,11,15H,1-2,6-10,12H2. The van der Waals surface area contributed by atoms with Gasteiger partial charge < -0.3 is 10.1 Å². The number of benzene rings is 1. The van der Waals surface area contributed by atoms with E-state index in [1.807, 2.05) is 6.07 Å². The highest BCUT2D eigenvalue weighted by Gasteiger charge is 2.09. The van der Waals surface area contributed by atoms with Crippen molar-refractivity contribution in [2.75, 3.05) is 32.8 Å². The Bertz CT molecular complexity index is 335. The molecule has 1 N–H and O–H groups in total. The monoisotopic (exact) mass is 233 g/mol. The summed E-state index contributed by atoms with van der Waals surface area (Å²) in [7, 11) is 0. The second kappa shape index (κ2) is 6.62. The van der Waals surface area contributed by atoms with E-state index in [-0.39, 0.29) is 0 Å². The Morgan fingerprint density at radius 1 is 1.29 bits per heavy atom. The van der Waals surface area contributed by atoms with Gasteiger partial charge in [-0.15, -0.1) is 0 Å². The minimum atomic E-state index is 0.692. The van der Waals surface area contributed by atoms with Crippen molar-refractivity contribution in [1.29, 1.82) is 0 Å². The Morgan fingerprint density at radius 3 is 2.88 bits per heavy atom. The Hall–Kier alpha value is -1.06. The summed E-state index contributed by atoms with van der Waals surface area (Å²) in [5.41, 5.74) is 1.33. The van der Waals surface area contributed by atoms with Crippen LogP contribution in [0.1, 0.15) is 12.0 Å². The van der Waals surface area contributed by atoms with Crippen molar-refractivity contribution < 1.29 is 4.74 Å². The van der Waals surface area contributed by atoms with E-state index in [9.17, 15) is 0 Å². The number of rotatable bonds is 5. The Kier molecular flexibility index (Phi) is 4.83. The summed E-state index contributed by atoms with van der Waals surface area (Å²) in [5.74, 6) is 0.960. The second-order valence-corrected chi connectivity index (χ2v) is 4.38. The van der Waals surface area contributed by atoms with Gasteiger partial charge in [0, 0.05) is 32.7 Å². The number of hydrogen-bond acceptors (Lipinski definition) is 3. The maximum absolute atomic E-state index is 5.59. The number of nitrogens with one attached hydrogen (secondary N) is 1. The molecule has 3 heteroatoms. The van der Waals surface area contributed by atoms with Crippen LogP contribution in [0.2, 0.25) is 0 Å². The maximum atomic E-state index is 5.59. The molecule has 0 bridgehead atoms. The lowest BCUT2D eigenvalue weighted by molar-refractivity contribution is 0.232. The molecule has 93 valence electrons. The minimum absolute atomic E-state index is 0.692. The molecule has 1 aromatic rings. The number of piperazine rings is 1. The van der Waals surface area contributed by atoms with Crippen LogP contribution in [0.5, 0.6) is 5.75 Å². The first-order chi connectivity index (χ1) is 8.38. The van der Waals surface area contributed by atoms with Gasteiger partial charge in [0.05, 0.1) is 6.61 Å². The molecule has 1 radical (unpaired) electrons. The fraction of sp³-hybridized carbons (Fsp3) is 0.500.